The summed E-state index contributed by atoms with van der Waals surface area (Å²) in [6.45, 7) is 0. The Labute approximate surface area is 93.5 Å². The molecule has 1 heterocycles. The molecule has 7 heteroatoms. The molecule has 1 aromatic carbocycles. The standard InChI is InChI=1S/C10H7NO6/c12-4-1-2-5-6(3-4)17-9(14)7(8(5)13)11-10(15)16/h1-3,11-13H,(H,15,16). The Morgan fingerprint density at radius 3 is 2.65 bits per heavy atom. The summed E-state index contributed by atoms with van der Waals surface area (Å²) in [6, 6.07) is 3.71. The van der Waals surface area contributed by atoms with Crippen LogP contribution in [0.15, 0.2) is 27.4 Å². The summed E-state index contributed by atoms with van der Waals surface area (Å²) in [6.07, 6.45) is -1.49. The van der Waals surface area contributed by atoms with Crippen molar-refractivity contribution in [3.63, 3.8) is 0 Å². The Bertz CT molecular complexity index is 660. The van der Waals surface area contributed by atoms with Crippen molar-refractivity contribution in [2.24, 2.45) is 0 Å². The molecule has 88 valence electrons. The van der Waals surface area contributed by atoms with E-state index in [1.54, 1.807) is 5.32 Å². The minimum Gasteiger partial charge on any atom is -0.508 e. The number of hydrogen-bond donors (Lipinski definition) is 4. The Kier molecular flexibility index (Phi) is 2.36. The predicted octanol–water partition coefficient (Wildman–Crippen LogP) is 1.29. The number of carboxylic acid groups (broad SMARTS) is 1. The van der Waals surface area contributed by atoms with Gasteiger partial charge in [-0.2, -0.15) is 0 Å². The first-order valence-corrected chi connectivity index (χ1v) is 4.48. The topological polar surface area (TPSA) is 120 Å². The molecule has 7 nitrogen and oxygen atoms in total. The molecule has 0 bridgehead atoms. The molecule has 17 heavy (non-hydrogen) atoms. The Morgan fingerprint density at radius 1 is 1.29 bits per heavy atom. The fourth-order valence-corrected chi connectivity index (χ4v) is 1.39. The van der Waals surface area contributed by atoms with Crippen molar-refractivity contribution in [3.05, 3.63) is 28.6 Å². The van der Waals surface area contributed by atoms with Crippen molar-refractivity contribution in [1.29, 1.82) is 0 Å². The summed E-state index contributed by atoms with van der Waals surface area (Å²) in [5.74, 6) is -0.683. The van der Waals surface area contributed by atoms with Crippen LogP contribution < -0.4 is 10.9 Å². The van der Waals surface area contributed by atoms with Crippen LogP contribution in [0.5, 0.6) is 11.5 Å². The van der Waals surface area contributed by atoms with E-state index in [1.165, 1.54) is 12.1 Å². The minimum absolute atomic E-state index is 0.0385. The van der Waals surface area contributed by atoms with Crippen LogP contribution >= 0.6 is 0 Å². The van der Waals surface area contributed by atoms with Gasteiger partial charge >= 0.3 is 11.7 Å². The van der Waals surface area contributed by atoms with Gasteiger partial charge < -0.3 is 19.7 Å². The van der Waals surface area contributed by atoms with Crippen LogP contribution in [0.3, 0.4) is 0 Å². The van der Waals surface area contributed by atoms with Crippen molar-refractivity contribution < 1.29 is 24.5 Å². The first-order chi connectivity index (χ1) is 7.99. The molecule has 0 spiro atoms. The van der Waals surface area contributed by atoms with Crippen LogP contribution in [0.4, 0.5) is 10.5 Å². The van der Waals surface area contributed by atoms with E-state index in [9.17, 15) is 19.8 Å². The van der Waals surface area contributed by atoms with E-state index in [0.29, 0.717) is 0 Å². The number of anilines is 1. The third kappa shape index (κ3) is 1.85. The summed E-state index contributed by atoms with van der Waals surface area (Å²) in [5.41, 5.74) is -1.64. The van der Waals surface area contributed by atoms with Gasteiger partial charge in [-0.15, -0.1) is 0 Å². The molecule has 0 aliphatic rings. The second-order valence-corrected chi connectivity index (χ2v) is 3.22. The minimum atomic E-state index is -1.49. The number of nitrogens with one attached hydrogen (secondary N) is 1. The number of rotatable bonds is 1. The maximum atomic E-state index is 11.4. The maximum absolute atomic E-state index is 11.4. The Balaban J connectivity index is 2.76. The number of benzene rings is 1. The van der Waals surface area contributed by atoms with E-state index < -0.39 is 23.2 Å². The molecule has 1 amide bonds. The van der Waals surface area contributed by atoms with E-state index in [-0.39, 0.29) is 16.7 Å². The van der Waals surface area contributed by atoms with Gasteiger partial charge in [0.15, 0.2) is 11.4 Å². The van der Waals surface area contributed by atoms with Gasteiger partial charge in [-0.25, -0.2) is 9.59 Å². The first kappa shape index (κ1) is 10.8. The second-order valence-electron chi connectivity index (χ2n) is 3.22. The molecule has 2 rings (SSSR count). The van der Waals surface area contributed by atoms with Crippen LogP contribution in [0.25, 0.3) is 11.0 Å². The monoisotopic (exact) mass is 237 g/mol. The van der Waals surface area contributed by atoms with Crippen LogP contribution in [0, 0.1) is 0 Å². The molecule has 2 aromatic rings. The summed E-state index contributed by atoms with van der Waals surface area (Å²) >= 11 is 0. The smallest absolute Gasteiger partial charge is 0.409 e. The highest BCUT2D eigenvalue weighted by Crippen LogP contribution is 2.31. The average molecular weight is 237 g/mol. The number of aromatic hydroxyl groups is 2. The lowest BCUT2D eigenvalue weighted by Gasteiger charge is -2.05. The Hall–Kier alpha value is -2.70. The molecular formula is C10H7NO6. The fraction of sp³-hybridized carbons (Fsp3) is 0. The summed E-state index contributed by atoms with van der Waals surface area (Å²) < 4.78 is 4.75. The molecule has 0 saturated carbocycles. The van der Waals surface area contributed by atoms with Crippen molar-refractivity contribution >= 4 is 22.7 Å². The number of amides is 1. The first-order valence-electron chi connectivity index (χ1n) is 4.48. The van der Waals surface area contributed by atoms with Gasteiger partial charge in [0.1, 0.15) is 11.3 Å². The van der Waals surface area contributed by atoms with Crippen LogP contribution in [-0.2, 0) is 0 Å². The van der Waals surface area contributed by atoms with Gasteiger partial charge in [-0.3, -0.25) is 5.32 Å². The second kappa shape index (κ2) is 3.71. The van der Waals surface area contributed by atoms with Crippen LogP contribution in [0.2, 0.25) is 0 Å². The van der Waals surface area contributed by atoms with Crippen molar-refractivity contribution in [2.75, 3.05) is 5.32 Å². The summed E-state index contributed by atoms with van der Waals surface area (Å²) in [5, 5.41) is 29.2. The summed E-state index contributed by atoms with van der Waals surface area (Å²) in [7, 11) is 0. The van der Waals surface area contributed by atoms with Gasteiger partial charge in [0, 0.05) is 6.07 Å². The SMILES string of the molecule is O=C(O)Nc1c(O)c2ccc(O)cc2oc1=O. The molecule has 0 aliphatic heterocycles. The average Bonchev–Trinajstić information content (AvgIpc) is 2.23. The molecule has 4 N–H and O–H groups in total. The zero-order chi connectivity index (χ0) is 12.6. The third-order valence-corrected chi connectivity index (χ3v) is 2.10. The van der Waals surface area contributed by atoms with Gasteiger partial charge in [0.2, 0.25) is 0 Å². The van der Waals surface area contributed by atoms with Crippen LogP contribution in [-0.4, -0.2) is 21.4 Å². The maximum Gasteiger partial charge on any atom is 0.409 e. The van der Waals surface area contributed by atoms with Gasteiger partial charge in [-0.05, 0) is 12.1 Å². The lowest BCUT2D eigenvalue weighted by molar-refractivity contribution is 0.209. The largest absolute Gasteiger partial charge is 0.508 e. The highest BCUT2D eigenvalue weighted by atomic mass is 16.4. The molecule has 0 saturated heterocycles. The number of phenols is 1. The third-order valence-electron chi connectivity index (χ3n) is 2.10. The summed E-state index contributed by atoms with van der Waals surface area (Å²) in [4.78, 5) is 21.8. The zero-order valence-electron chi connectivity index (χ0n) is 8.30. The van der Waals surface area contributed by atoms with E-state index in [0.717, 1.165) is 6.07 Å². The number of phenolic OH excluding ortho intramolecular Hbond substituents is 1. The Morgan fingerprint density at radius 2 is 2.00 bits per heavy atom. The van der Waals surface area contributed by atoms with E-state index in [4.69, 9.17) is 9.52 Å². The van der Waals surface area contributed by atoms with E-state index in [1.807, 2.05) is 0 Å². The molecule has 0 atom stereocenters. The molecule has 0 fully saturated rings. The van der Waals surface area contributed by atoms with Gasteiger partial charge in [0.25, 0.3) is 0 Å². The normalized spacial score (nSPS) is 10.4. The number of fused-ring (bicyclic) bond motifs is 1. The number of carbonyl (C=O) groups is 1. The lowest BCUT2D eigenvalue weighted by Crippen LogP contribution is -2.15. The van der Waals surface area contributed by atoms with E-state index in [2.05, 4.69) is 0 Å². The van der Waals surface area contributed by atoms with Crippen molar-refractivity contribution in [3.8, 4) is 11.5 Å². The molecule has 0 aliphatic carbocycles. The van der Waals surface area contributed by atoms with Crippen molar-refractivity contribution in [1.82, 2.24) is 0 Å². The molecular weight excluding hydrogens is 230 g/mol. The van der Waals surface area contributed by atoms with Crippen LogP contribution in [0.1, 0.15) is 0 Å². The number of hydrogen-bond acceptors (Lipinski definition) is 5. The highest BCUT2D eigenvalue weighted by Gasteiger charge is 2.15. The molecule has 1 aromatic heterocycles. The predicted molar refractivity (Wildman–Crippen MR) is 57.5 cm³/mol. The lowest BCUT2D eigenvalue weighted by atomic mass is 10.2. The highest BCUT2D eigenvalue weighted by molar-refractivity contribution is 5.93. The quantitative estimate of drug-likeness (QED) is 0.555. The van der Waals surface area contributed by atoms with E-state index >= 15 is 0 Å². The van der Waals surface area contributed by atoms with Gasteiger partial charge in [0.05, 0.1) is 5.39 Å². The van der Waals surface area contributed by atoms with Gasteiger partial charge in [-0.1, -0.05) is 0 Å². The fourth-order valence-electron chi connectivity index (χ4n) is 1.39. The van der Waals surface area contributed by atoms with Crippen molar-refractivity contribution in [2.45, 2.75) is 0 Å². The molecule has 0 unspecified atom stereocenters. The zero-order valence-corrected chi connectivity index (χ0v) is 8.30. The molecule has 0 radical (unpaired) electrons.